The summed E-state index contributed by atoms with van der Waals surface area (Å²) in [6.07, 6.45) is 7.29. The summed E-state index contributed by atoms with van der Waals surface area (Å²) >= 11 is 0. The van der Waals surface area contributed by atoms with E-state index in [2.05, 4.69) is 15.4 Å². The molecule has 2 aromatic heterocycles. The minimum Gasteiger partial charge on any atom is -0.324 e. The Labute approximate surface area is 117 Å². The normalized spacial score (nSPS) is 16.1. The number of hydrogen-bond donors (Lipinski definition) is 1. The van der Waals surface area contributed by atoms with Gasteiger partial charge in [0.25, 0.3) is 0 Å². The average molecular weight is 271 g/mol. The maximum atomic E-state index is 12.1. The van der Waals surface area contributed by atoms with Crippen molar-refractivity contribution < 1.29 is 4.79 Å². The highest BCUT2D eigenvalue weighted by Gasteiger charge is 2.24. The molecular formula is C14H17N5O. The van der Waals surface area contributed by atoms with Crippen molar-refractivity contribution in [3.8, 4) is 0 Å². The van der Waals surface area contributed by atoms with Crippen LogP contribution in [-0.2, 0) is 0 Å². The van der Waals surface area contributed by atoms with E-state index in [0.717, 1.165) is 25.9 Å². The van der Waals surface area contributed by atoms with Gasteiger partial charge in [0, 0.05) is 31.7 Å². The first-order valence-electron chi connectivity index (χ1n) is 6.79. The number of anilines is 1. The van der Waals surface area contributed by atoms with Gasteiger partial charge in [0.2, 0.25) is 0 Å². The Morgan fingerprint density at radius 1 is 1.20 bits per heavy atom. The first-order valence-corrected chi connectivity index (χ1v) is 6.79. The van der Waals surface area contributed by atoms with Crippen molar-refractivity contribution in [1.82, 2.24) is 19.7 Å². The number of nitrogens with zero attached hydrogens (tertiary/aromatic N) is 4. The summed E-state index contributed by atoms with van der Waals surface area (Å²) in [7, 11) is 0. The number of hydrogen-bond acceptors (Lipinski definition) is 3. The number of carbonyl (C=O) groups excluding carboxylic acids is 1. The molecule has 0 aliphatic carbocycles. The molecule has 1 saturated heterocycles. The fourth-order valence-corrected chi connectivity index (χ4v) is 2.46. The molecule has 6 nitrogen and oxygen atoms in total. The summed E-state index contributed by atoms with van der Waals surface area (Å²) in [6, 6.07) is 7.71. The van der Waals surface area contributed by atoms with Crippen LogP contribution in [0, 0.1) is 0 Å². The molecule has 0 radical (unpaired) electrons. The van der Waals surface area contributed by atoms with Crippen LogP contribution in [-0.4, -0.2) is 38.8 Å². The summed E-state index contributed by atoms with van der Waals surface area (Å²) in [4.78, 5) is 18.0. The van der Waals surface area contributed by atoms with Crippen LogP contribution in [0.5, 0.6) is 0 Å². The number of piperidine rings is 1. The van der Waals surface area contributed by atoms with Gasteiger partial charge in [-0.05, 0) is 31.0 Å². The molecule has 3 heterocycles. The molecule has 2 aromatic rings. The Bertz CT molecular complexity index is 546. The Hall–Kier alpha value is -2.37. The lowest BCUT2D eigenvalue weighted by Gasteiger charge is -2.31. The monoisotopic (exact) mass is 271 g/mol. The Balaban J connectivity index is 1.54. The number of urea groups is 1. The first kappa shape index (κ1) is 12.7. The van der Waals surface area contributed by atoms with E-state index < -0.39 is 0 Å². The minimum absolute atomic E-state index is 0.0809. The zero-order valence-electron chi connectivity index (χ0n) is 11.1. The molecule has 2 amide bonds. The standard InChI is InChI=1S/C14H17N5O/c20-14(17-13-4-1-2-7-15-13)18-10-5-12(6-11-18)19-9-3-8-16-19/h1-4,7-9,12H,5-6,10-11H2,(H,15,17,20). The minimum atomic E-state index is -0.0809. The predicted molar refractivity (Wildman–Crippen MR) is 75.3 cm³/mol. The van der Waals surface area contributed by atoms with Gasteiger partial charge >= 0.3 is 6.03 Å². The summed E-state index contributed by atoms with van der Waals surface area (Å²) < 4.78 is 1.98. The number of likely N-dealkylation sites (tertiary alicyclic amines) is 1. The molecule has 0 spiro atoms. The van der Waals surface area contributed by atoms with E-state index in [1.54, 1.807) is 18.5 Å². The average Bonchev–Trinajstić information content (AvgIpc) is 3.03. The van der Waals surface area contributed by atoms with E-state index in [1.807, 2.05) is 34.0 Å². The van der Waals surface area contributed by atoms with Gasteiger partial charge < -0.3 is 4.90 Å². The van der Waals surface area contributed by atoms with Gasteiger partial charge in [0.05, 0.1) is 6.04 Å². The van der Waals surface area contributed by atoms with Gasteiger partial charge in [-0.15, -0.1) is 0 Å². The second-order valence-electron chi connectivity index (χ2n) is 4.85. The lowest BCUT2D eigenvalue weighted by molar-refractivity contribution is 0.180. The van der Waals surface area contributed by atoms with Crippen LogP contribution in [0.2, 0.25) is 0 Å². The van der Waals surface area contributed by atoms with Gasteiger partial charge in [0.15, 0.2) is 0 Å². The molecular weight excluding hydrogens is 254 g/mol. The molecule has 20 heavy (non-hydrogen) atoms. The summed E-state index contributed by atoms with van der Waals surface area (Å²) in [5, 5.41) is 7.08. The molecule has 0 atom stereocenters. The van der Waals surface area contributed by atoms with Gasteiger partial charge in [-0.2, -0.15) is 5.10 Å². The lowest BCUT2D eigenvalue weighted by Crippen LogP contribution is -2.41. The topological polar surface area (TPSA) is 63.1 Å². The van der Waals surface area contributed by atoms with Crippen LogP contribution in [0.1, 0.15) is 18.9 Å². The number of rotatable bonds is 2. The number of nitrogens with one attached hydrogen (secondary N) is 1. The first-order chi connectivity index (χ1) is 9.83. The van der Waals surface area contributed by atoms with E-state index in [1.165, 1.54) is 0 Å². The van der Waals surface area contributed by atoms with Crippen molar-refractivity contribution >= 4 is 11.8 Å². The maximum absolute atomic E-state index is 12.1. The molecule has 0 saturated carbocycles. The second-order valence-corrected chi connectivity index (χ2v) is 4.85. The Kier molecular flexibility index (Phi) is 3.62. The molecule has 1 aliphatic heterocycles. The number of carbonyl (C=O) groups is 1. The van der Waals surface area contributed by atoms with Crippen LogP contribution in [0.15, 0.2) is 42.9 Å². The van der Waals surface area contributed by atoms with Crippen LogP contribution >= 0.6 is 0 Å². The van der Waals surface area contributed by atoms with Crippen molar-refractivity contribution in [2.45, 2.75) is 18.9 Å². The van der Waals surface area contributed by atoms with E-state index in [4.69, 9.17) is 0 Å². The van der Waals surface area contributed by atoms with Crippen LogP contribution in [0.4, 0.5) is 10.6 Å². The highest BCUT2D eigenvalue weighted by atomic mass is 16.2. The van der Waals surface area contributed by atoms with Gasteiger partial charge in [0.1, 0.15) is 5.82 Å². The van der Waals surface area contributed by atoms with Crippen molar-refractivity contribution in [1.29, 1.82) is 0 Å². The van der Waals surface area contributed by atoms with Gasteiger partial charge in [-0.3, -0.25) is 10.00 Å². The fraction of sp³-hybridized carbons (Fsp3) is 0.357. The van der Waals surface area contributed by atoms with Crippen molar-refractivity contribution in [2.75, 3.05) is 18.4 Å². The highest BCUT2D eigenvalue weighted by Crippen LogP contribution is 2.21. The largest absolute Gasteiger partial charge is 0.324 e. The third-order valence-electron chi connectivity index (χ3n) is 3.55. The van der Waals surface area contributed by atoms with Crippen molar-refractivity contribution in [2.24, 2.45) is 0 Å². The lowest BCUT2D eigenvalue weighted by atomic mass is 10.1. The molecule has 104 valence electrons. The molecule has 0 unspecified atom stereocenters. The molecule has 0 aromatic carbocycles. The van der Waals surface area contributed by atoms with Crippen LogP contribution in [0.25, 0.3) is 0 Å². The highest BCUT2D eigenvalue weighted by molar-refractivity contribution is 5.88. The van der Waals surface area contributed by atoms with Crippen molar-refractivity contribution in [3.05, 3.63) is 42.9 Å². The predicted octanol–water partition coefficient (Wildman–Crippen LogP) is 2.15. The molecule has 0 bridgehead atoms. The van der Waals surface area contributed by atoms with E-state index in [9.17, 15) is 4.79 Å². The van der Waals surface area contributed by atoms with Crippen LogP contribution < -0.4 is 5.32 Å². The molecule has 3 rings (SSSR count). The molecule has 1 aliphatic rings. The van der Waals surface area contributed by atoms with Gasteiger partial charge in [-0.1, -0.05) is 6.07 Å². The third kappa shape index (κ3) is 2.79. The SMILES string of the molecule is O=C(Nc1ccccn1)N1CCC(n2cccn2)CC1. The van der Waals surface area contributed by atoms with Gasteiger partial charge in [-0.25, -0.2) is 9.78 Å². The number of aromatic nitrogens is 3. The summed E-state index contributed by atoms with van der Waals surface area (Å²) in [5.74, 6) is 0.590. The van der Waals surface area contributed by atoms with Crippen molar-refractivity contribution in [3.63, 3.8) is 0 Å². The third-order valence-corrected chi connectivity index (χ3v) is 3.55. The van der Waals surface area contributed by atoms with Crippen LogP contribution in [0.3, 0.4) is 0 Å². The number of pyridine rings is 1. The Morgan fingerprint density at radius 2 is 2.05 bits per heavy atom. The summed E-state index contributed by atoms with van der Waals surface area (Å²) in [6.45, 7) is 1.48. The smallest absolute Gasteiger partial charge is 0.323 e. The van der Waals surface area contributed by atoms with E-state index in [-0.39, 0.29) is 6.03 Å². The Morgan fingerprint density at radius 3 is 2.70 bits per heavy atom. The zero-order valence-corrected chi connectivity index (χ0v) is 11.1. The fourth-order valence-electron chi connectivity index (χ4n) is 2.46. The van der Waals surface area contributed by atoms with E-state index in [0.29, 0.717) is 11.9 Å². The second kappa shape index (κ2) is 5.73. The molecule has 6 heteroatoms. The molecule has 1 N–H and O–H groups in total. The summed E-state index contributed by atoms with van der Waals surface area (Å²) in [5.41, 5.74) is 0. The quantitative estimate of drug-likeness (QED) is 0.910. The molecule has 1 fully saturated rings. The zero-order chi connectivity index (χ0) is 13.8. The van der Waals surface area contributed by atoms with E-state index >= 15 is 0 Å². The number of amides is 2. The maximum Gasteiger partial charge on any atom is 0.323 e.